The Kier molecular flexibility index (Phi) is 10.2. The number of ether oxygens (including phenoxy) is 1. The lowest BCUT2D eigenvalue weighted by atomic mass is 10.1. The fourth-order valence-corrected chi connectivity index (χ4v) is 6.06. The van der Waals surface area contributed by atoms with Crippen molar-refractivity contribution in [1.82, 2.24) is 10.2 Å². The molecule has 1 atom stereocenters. The number of benzene rings is 3. The quantitative estimate of drug-likeness (QED) is 0.336. The second-order valence-corrected chi connectivity index (χ2v) is 13.1. The number of nitrogens with one attached hydrogen (secondary N) is 1. The minimum atomic E-state index is -4.11. The highest BCUT2D eigenvalue weighted by atomic mass is 32.2. The predicted octanol–water partition coefficient (Wildman–Crippen LogP) is 5.23. The summed E-state index contributed by atoms with van der Waals surface area (Å²) in [6.45, 7) is 10.9. The van der Waals surface area contributed by atoms with Gasteiger partial charge in [-0.3, -0.25) is 13.9 Å². The molecule has 0 aliphatic rings. The first kappa shape index (κ1) is 31.7. The molecule has 3 aromatic rings. The molecular weight excluding hydrogens is 538 g/mol. The van der Waals surface area contributed by atoms with Gasteiger partial charge < -0.3 is 15.0 Å². The van der Waals surface area contributed by atoms with Crippen LogP contribution in [-0.2, 0) is 26.2 Å². The van der Waals surface area contributed by atoms with Crippen molar-refractivity contribution in [3.05, 3.63) is 89.5 Å². The van der Waals surface area contributed by atoms with E-state index in [1.54, 1.807) is 49.6 Å². The number of hydrogen-bond donors (Lipinski definition) is 1. The molecule has 0 aliphatic carbocycles. The summed E-state index contributed by atoms with van der Waals surface area (Å²) < 4.78 is 34.3. The van der Waals surface area contributed by atoms with Crippen molar-refractivity contribution in [3.63, 3.8) is 0 Å². The number of sulfonamides is 1. The molecular formula is C32H41N3O5S. The van der Waals surface area contributed by atoms with Crippen LogP contribution in [-0.4, -0.2) is 50.4 Å². The van der Waals surface area contributed by atoms with Crippen LogP contribution in [0.2, 0.25) is 0 Å². The number of amides is 2. The molecule has 0 bridgehead atoms. The van der Waals surface area contributed by atoms with Gasteiger partial charge in [0.25, 0.3) is 10.0 Å². The summed E-state index contributed by atoms with van der Waals surface area (Å²) in [7, 11) is -2.54. The molecule has 0 radical (unpaired) electrons. The van der Waals surface area contributed by atoms with Crippen molar-refractivity contribution >= 4 is 27.5 Å². The molecule has 9 heteroatoms. The Morgan fingerprint density at radius 1 is 0.927 bits per heavy atom. The van der Waals surface area contributed by atoms with Crippen LogP contribution in [0.5, 0.6) is 5.75 Å². The van der Waals surface area contributed by atoms with Gasteiger partial charge in [0, 0.05) is 12.1 Å². The van der Waals surface area contributed by atoms with Crippen molar-refractivity contribution in [2.24, 2.45) is 0 Å². The minimum absolute atomic E-state index is 0.0752. The Morgan fingerprint density at radius 3 is 2.02 bits per heavy atom. The SMILES string of the molecule is CC[C@H](C(=O)NC(C)(C)C)N(Cc1ccc(OC)cc1)C(=O)CN(c1cc(C)cc(C)c1)S(=O)(=O)c1ccccc1. The molecule has 220 valence electrons. The molecule has 3 rings (SSSR count). The van der Waals surface area contributed by atoms with E-state index >= 15 is 0 Å². The third-order valence-electron chi connectivity index (χ3n) is 6.50. The van der Waals surface area contributed by atoms with Gasteiger partial charge in [0.15, 0.2) is 0 Å². The second-order valence-electron chi connectivity index (χ2n) is 11.2. The van der Waals surface area contributed by atoms with Gasteiger partial charge in [0.1, 0.15) is 18.3 Å². The van der Waals surface area contributed by atoms with Gasteiger partial charge in [0.2, 0.25) is 11.8 Å². The Hall–Kier alpha value is -3.85. The zero-order chi connectivity index (χ0) is 30.4. The van der Waals surface area contributed by atoms with Gasteiger partial charge >= 0.3 is 0 Å². The van der Waals surface area contributed by atoms with E-state index in [2.05, 4.69) is 5.32 Å². The van der Waals surface area contributed by atoms with Crippen LogP contribution in [0.15, 0.2) is 77.7 Å². The van der Waals surface area contributed by atoms with E-state index in [1.807, 2.05) is 59.7 Å². The molecule has 0 unspecified atom stereocenters. The molecule has 0 spiro atoms. The second kappa shape index (κ2) is 13.2. The molecule has 8 nitrogen and oxygen atoms in total. The van der Waals surface area contributed by atoms with E-state index in [-0.39, 0.29) is 17.3 Å². The maximum Gasteiger partial charge on any atom is 0.264 e. The molecule has 2 amide bonds. The first-order valence-corrected chi connectivity index (χ1v) is 15.1. The summed E-state index contributed by atoms with van der Waals surface area (Å²) in [4.78, 5) is 29.2. The number of nitrogens with zero attached hydrogens (tertiary/aromatic N) is 2. The zero-order valence-corrected chi connectivity index (χ0v) is 25.8. The van der Waals surface area contributed by atoms with Crippen LogP contribution in [0.1, 0.15) is 50.8 Å². The number of methoxy groups -OCH3 is 1. The van der Waals surface area contributed by atoms with Gasteiger partial charge in [-0.1, -0.05) is 43.3 Å². The van der Waals surface area contributed by atoms with Crippen molar-refractivity contribution < 1.29 is 22.7 Å². The molecule has 0 saturated heterocycles. The van der Waals surface area contributed by atoms with Gasteiger partial charge in [-0.05, 0) is 94.1 Å². The van der Waals surface area contributed by atoms with Crippen LogP contribution in [0.25, 0.3) is 0 Å². The van der Waals surface area contributed by atoms with Crippen LogP contribution < -0.4 is 14.4 Å². The molecule has 1 N–H and O–H groups in total. The lowest BCUT2D eigenvalue weighted by molar-refractivity contribution is -0.141. The normalized spacial score (nSPS) is 12.4. The Labute approximate surface area is 244 Å². The Bertz CT molecular complexity index is 1430. The fraction of sp³-hybridized carbons (Fsp3) is 0.375. The average Bonchev–Trinajstić information content (AvgIpc) is 2.90. The molecule has 0 heterocycles. The third kappa shape index (κ3) is 8.33. The third-order valence-corrected chi connectivity index (χ3v) is 8.29. The number of aryl methyl sites for hydroxylation is 2. The maximum absolute atomic E-state index is 14.2. The Balaban J connectivity index is 2.09. The smallest absolute Gasteiger partial charge is 0.264 e. The van der Waals surface area contributed by atoms with Gasteiger partial charge in [-0.2, -0.15) is 0 Å². The summed E-state index contributed by atoms with van der Waals surface area (Å²) >= 11 is 0. The van der Waals surface area contributed by atoms with Gasteiger partial charge in [-0.15, -0.1) is 0 Å². The van der Waals surface area contributed by atoms with Crippen molar-refractivity contribution in [2.45, 2.75) is 71.0 Å². The summed E-state index contributed by atoms with van der Waals surface area (Å²) in [5, 5.41) is 2.98. The summed E-state index contributed by atoms with van der Waals surface area (Å²) in [6.07, 6.45) is 0.346. The highest BCUT2D eigenvalue weighted by Gasteiger charge is 2.34. The highest BCUT2D eigenvalue weighted by Crippen LogP contribution is 2.27. The molecule has 41 heavy (non-hydrogen) atoms. The first-order chi connectivity index (χ1) is 19.2. The largest absolute Gasteiger partial charge is 0.497 e. The first-order valence-electron chi connectivity index (χ1n) is 13.7. The average molecular weight is 580 g/mol. The van der Waals surface area contributed by atoms with Crippen LogP contribution in [0.3, 0.4) is 0 Å². The van der Waals surface area contributed by atoms with Crippen LogP contribution >= 0.6 is 0 Å². The van der Waals surface area contributed by atoms with Crippen molar-refractivity contribution in [3.8, 4) is 5.75 Å². The molecule has 3 aromatic carbocycles. The lowest BCUT2D eigenvalue weighted by Crippen LogP contribution is -2.55. The van der Waals surface area contributed by atoms with Crippen molar-refractivity contribution in [2.75, 3.05) is 18.0 Å². The fourth-order valence-electron chi connectivity index (χ4n) is 4.64. The van der Waals surface area contributed by atoms with Crippen LogP contribution in [0, 0.1) is 13.8 Å². The number of rotatable bonds is 11. The van der Waals surface area contributed by atoms with Crippen molar-refractivity contribution in [1.29, 1.82) is 0 Å². The minimum Gasteiger partial charge on any atom is -0.497 e. The van der Waals surface area contributed by atoms with E-state index in [9.17, 15) is 18.0 Å². The number of hydrogen-bond acceptors (Lipinski definition) is 5. The number of carbonyl (C=O) groups excluding carboxylic acids is 2. The monoisotopic (exact) mass is 579 g/mol. The predicted molar refractivity (Wildman–Crippen MR) is 162 cm³/mol. The molecule has 0 fully saturated rings. The highest BCUT2D eigenvalue weighted by molar-refractivity contribution is 7.92. The number of anilines is 1. The van der Waals surface area contributed by atoms with E-state index in [0.29, 0.717) is 17.9 Å². The van der Waals surface area contributed by atoms with E-state index in [4.69, 9.17) is 4.74 Å². The number of carbonyl (C=O) groups is 2. The lowest BCUT2D eigenvalue weighted by Gasteiger charge is -2.35. The Morgan fingerprint density at radius 2 is 1.51 bits per heavy atom. The van der Waals surface area contributed by atoms with Gasteiger partial charge in [0.05, 0.1) is 17.7 Å². The summed E-state index contributed by atoms with van der Waals surface area (Å²) in [6, 6.07) is 19.9. The molecule has 0 saturated carbocycles. The molecule has 0 aliphatic heterocycles. The summed E-state index contributed by atoms with van der Waals surface area (Å²) in [5.74, 6) is -0.125. The summed E-state index contributed by atoms with van der Waals surface area (Å²) in [5.41, 5.74) is 2.39. The molecule has 0 aromatic heterocycles. The van der Waals surface area contributed by atoms with E-state index < -0.39 is 34.1 Å². The standard InChI is InChI=1S/C32H41N3O5S/c1-8-29(31(37)33-32(4,5)6)34(21-25-14-16-27(40-7)17-15-25)30(36)22-35(26-19-23(2)18-24(3)20-26)41(38,39)28-12-10-9-11-13-28/h9-20,29H,8,21-22H2,1-7H3,(H,33,37)/t29-/m1/s1. The maximum atomic E-state index is 14.2. The van der Waals surface area contributed by atoms with Crippen LogP contribution in [0.4, 0.5) is 5.69 Å². The topological polar surface area (TPSA) is 96.0 Å². The van der Waals surface area contributed by atoms with E-state index in [1.165, 1.54) is 17.0 Å². The zero-order valence-electron chi connectivity index (χ0n) is 25.0. The van der Waals surface area contributed by atoms with Gasteiger partial charge in [-0.25, -0.2) is 8.42 Å². The van der Waals surface area contributed by atoms with E-state index in [0.717, 1.165) is 21.0 Å².